The molecule has 3 aromatic rings. The summed E-state index contributed by atoms with van der Waals surface area (Å²) in [4.78, 5) is 28.7. The Balaban J connectivity index is 2.02. The number of anilines is 1. The molecule has 0 aliphatic rings. The third-order valence-corrected chi connectivity index (χ3v) is 8.96. The first-order chi connectivity index (χ1) is 19.4. The van der Waals surface area contributed by atoms with Crippen molar-refractivity contribution in [3.05, 3.63) is 95.1 Å². The molecule has 0 heterocycles. The van der Waals surface area contributed by atoms with Crippen molar-refractivity contribution < 1.29 is 18.0 Å². The average Bonchev–Trinajstić information content (AvgIpc) is 2.94. The number of nitrogens with one attached hydrogen (secondary N) is 1. The van der Waals surface area contributed by atoms with Crippen molar-refractivity contribution in [3.8, 4) is 0 Å². The number of nitrogens with zero attached hydrogens (tertiary/aromatic N) is 2. The number of hydrogen-bond acceptors (Lipinski definition) is 4. The number of carbonyl (C=O) groups is 2. The van der Waals surface area contributed by atoms with E-state index < -0.39 is 28.5 Å². The van der Waals surface area contributed by atoms with Gasteiger partial charge in [-0.1, -0.05) is 86.8 Å². The summed E-state index contributed by atoms with van der Waals surface area (Å²) < 4.78 is 29.1. The molecule has 1 N–H and O–H groups in total. The lowest BCUT2D eigenvalue weighted by atomic mass is 10.0. The predicted octanol–water partition coefficient (Wildman–Crippen LogP) is 5.96. The summed E-state index contributed by atoms with van der Waals surface area (Å²) in [6, 6.07) is 20.8. The zero-order valence-electron chi connectivity index (χ0n) is 25.1. The third-order valence-electron chi connectivity index (χ3n) is 7.17. The van der Waals surface area contributed by atoms with Crippen LogP contribution >= 0.6 is 0 Å². The first-order valence-electron chi connectivity index (χ1n) is 14.3. The normalized spacial score (nSPS) is 12.2. The van der Waals surface area contributed by atoms with Crippen LogP contribution in [0.1, 0.15) is 68.7 Å². The molecule has 41 heavy (non-hydrogen) atoms. The van der Waals surface area contributed by atoms with Crippen LogP contribution in [0, 0.1) is 13.8 Å². The Hall–Kier alpha value is -3.65. The third kappa shape index (κ3) is 8.43. The van der Waals surface area contributed by atoms with Gasteiger partial charge in [0.1, 0.15) is 12.6 Å². The maximum absolute atomic E-state index is 14.0. The maximum Gasteiger partial charge on any atom is 0.264 e. The minimum absolute atomic E-state index is 0.0967. The Labute approximate surface area is 245 Å². The van der Waals surface area contributed by atoms with Gasteiger partial charge < -0.3 is 10.2 Å². The van der Waals surface area contributed by atoms with Gasteiger partial charge in [0.15, 0.2) is 0 Å². The van der Waals surface area contributed by atoms with E-state index in [-0.39, 0.29) is 23.3 Å². The highest BCUT2D eigenvalue weighted by atomic mass is 32.2. The first kappa shape index (κ1) is 31.9. The van der Waals surface area contributed by atoms with Gasteiger partial charge in [0.05, 0.1) is 10.6 Å². The summed E-state index contributed by atoms with van der Waals surface area (Å²) in [5.41, 5.74) is 4.27. The van der Waals surface area contributed by atoms with Crippen LogP contribution in [-0.2, 0) is 26.2 Å². The molecule has 0 spiro atoms. The molecular weight excluding hydrogens is 534 g/mol. The van der Waals surface area contributed by atoms with Gasteiger partial charge in [-0.25, -0.2) is 8.42 Å². The molecule has 0 fully saturated rings. The highest BCUT2D eigenvalue weighted by molar-refractivity contribution is 7.92. The van der Waals surface area contributed by atoms with Crippen molar-refractivity contribution in [2.24, 2.45) is 0 Å². The van der Waals surface area contributed by atoms with Gasteiger partial charge >= 0.3 is 0 Å². The van der Waals surface area contributed by atoms with Crippen LogP contribution in [0.25, 0.3) is 0 Å². The van der Waals surface area contributed by atoms with Crippen molar-refractivity contribution >= 4 is 27.5 Å². The van der Waals surface area contributed by atoms with Gasteiger partial charge in [-0.05, 0) is 68.5 Å². The molecule has 3 rings (SSSR count). The summed E-state index contributed by atoms with van der Waals surface area (Å²) in [6.45, 7) is 12.0. The quantitative estimate of drug-likeness (QED) is 0.254. The van der Waals surface area contributed by atoms with Crippen LogP contribution in [0.15, 0.2) is 77.7 Å². The van der Waals surface area contributed by atoms with E-state index in [1.165, 1.54) is 4.90 Å². The molecule has 1 atom stereocenters. The van der Waals surface area contributed by atoms with Gasteiger partial charge in [0.2, 0.25) is 11.8 Å². The highest BCUT2D eigenvalue weighted by Crippen LogP contribution is 2.27. The lowest BCUT2D eigenvalue weighted by molar-refractivity contribution is -0.139. The SMILES string of the molecule is CCCCNC(=O)[C@H](C)N(Cc1cccc(C)c1)C(=O)CN(c1ccc(C(C)C)cc1)S(=O)(=O)c1ccc(C)cc1. The number of unbranched alkanes of at least 4 members (excludes halogenated alkanes) is 1. The minimum Gasteiger partial charge on any atom is -0.354 e. The molecule has 0 bridgehead atoms. The summed E-state index contributed by atoms with van der Waals surface area (Å²) >= 11 is 0. The molecule has 3 aromatic carbocycles. The second kappa shape index (κ2) is 14.3. The second-order valence-corrected chi connectivity index (χ2v) is 12.8. The van der Waals surface area contributed by atoms with E-state index in [1.807, 2.05) is 57.2 Å². The molecule has 7 nitrogen and oxygen atoms in total. The number of sulfonamides is 1. The zero-order chi connectivity index (χ0) is 30.2. The van der Waals surface area contributed by atoms with Crippen molar-refractivity contribution in [3.63, 3.8) is 0 Å². The fourth-order valence-corrected chi connectivity index (χ4v) is 5.93. The van der Waals surface area contributed by atoms with Gasteiger partial charge in [0, 0.05) is 13.1 Å². The van der Waals surface area contributed by atoms with Crippen LogP contribution in [0.2, 0.25) is 0 Å². The Bertz CT molecular complexity index is 1420. The Kier molecular flexibility index (Phi) is 11.1. The van der Waals surface area contributed by atoms with Crippen LogP contribution < -0.4 is 9.62 Å². The molecule has 8 heteroatoms. The minimum atomic E-state index is -4.09. The van der Waals surface area contributed by atoms with Crippen molar-refractivity contribution in [1.29, 1.82) is 0 Å². The molecule has 0 saturated carbocycles. The van der Waals surface area contributed by atoms with Crippen molar-refractivity contribution in [1.82, 2.24) is 10.2 Å². The second-order valence-electron chi connectivity index (χ2n) is 10.9. The van der Waals surface area contributed by atoms with Gasteiger partial charge in [-0.2, -0.15) is 0 Å². The standard InChI is InChI=1S/C33H43N3O4S/c1-7-8-20-34-33(38)27(6)35(22-28-11-9-10-26(5)21-28)32(37)23-36(30-16-14-29(15-17-30)24(2)3)41(39,40)31-18-12-25(4)13-19-31/h9-19,21,24,27H,7-8,20,22-23H2,1-6H3,(H,34,38)/t27-/m0/s1. The molecule has 2 amide bonds. The van der Waals surface area contributed by atoms with E-state index in [4.69, 9.17) is 0 Å². The van der Waals surface area contributed by atoms with Gasteiger partial charge in [-0.15, -0.1) is 0 Å². The zero-order valence-corrected chi connectivity index (χ0v) is 25.9. The summed E-state index contributed by atoms with van der Waals surface area (Å²) in [5.74, 6) is -0.466. The molecular formula is C33H43N3O4S. The number of hydrogen-bond donors (Lipinski definition) is 1. The largest absolute Gasteiger partial charge is 0.354 e. The fourth-order valence-electron chi connectivity index (χ4n) is 4.52. The fraction of sp³-hybridized carbons (Fsp3) is 0.394. The molecule has 0 radical (unpaired) electrons. The monoisotopic (exact) mass is 577 g/mol. The van der Waals surface area contributed by atoms with Crippen molar-refractivity contribution in [2.75, 3.05) is 17.4 Å². The van der Waals surface area contributed by atoms with E-state index in [0.717, 1.165) is 39.4 Å². The molecule has 0 aliphatic carbocycles. The lowest BCUT2D eigenvalue weighted by Gasteiger charge is -2.32. The van der Waals surface area contributed by atoms with Crippen LogP contribution in [0.5, 0.6) is 0 Å². The number of benzene rings is 3. The Morgan fingerprint density at radius 2 is 1.54 bits per heavy atom. The predicted molar refractivity (Wildman–Crippen MR) is 165 cm³/mol. The summed E-state index contributed by atoms with van der Waals surface area (Å²) in [6.07, 6.45) is 1.77. The lowest BCUT2D eigenvalue weighted by Crippen LogP contribution is -2.51. The van der Waals surface area contributed by atoms with E-state index in [9.17, 15) is 18.0 Å². The summed E-state index contributed by atoms with van der Waals surface area (Å²) in [5, 5.41) is 2.91. The van der Waals surface area contributed by atoms with Crippen LogP contribution in [0.3, 0.4) is 0 Å². The molecule has 0 saturated heterocycles. The molecule has 220 valence electrons. The van der Waals surface area contributed by atoms with Crippen molar-refractivity contribution in [2.45, 2.75) is 77.8 Å². The van der Waals surface area contributed by atoms with Crippen LogP contribution in [-0.4, -0.2) is 44.3 Å². The van der Waals surface area contributed by atoms with Gasteiger partial charge in [-0.3, -0.25) is 13.9 Å². The summed E-state index contributed by atoms with van der Waals surface area (Å²) in [7, 11) is -4.09. The van der Waals surface area contributed by atoms with E-state index in [2.05, 4.69) is 19.2 Å². The topological polar surface area (TPSA) is 86.8 Å². The number of amides is 2. The Morgan fingerprint density at radius 3 is 2.12 bits per heavy atom. The van der Waals surface area contributed by atoms with E-state index >= 15 is 0 Å². The van der Waals surface area contributed by atoms with Crippen LogP contribution in [0.4, 0.5) is 5.69 Å². The maximum atomic E-state index is 14.0. The van der Waals surface area contributed by atoms with E-state index in [1.54, 1.807) is 43.3 Å². The highest BCUT2D eigenvalue weighted by Gasteiger charge is 2.32. The molecule has 0 unspecified atom stereocenters. The molecule has 0 aromatic heterocycles. The van der Waals surface area contributed by atoms with E-state index in [0.29, 0.717) is 12.2 Å². The van der Waals surface area contributed by atoms with Gasteiger partial charge in [0.25, 0.3) is 10.0 Å². The first-order valence-corrected chi connectivity index (χ1v) is 15.7. The Morgan fingerprint density at radius 1 is 0.878 bits per heavy atom. The average molecular weight is 578 g/mol. The number of rotatable bonds is 13. The number of aryl methyl sites for hydroxylation is 2. The smallest absolute Gasteiger partial charge is 0.264 e. The number of carbonyl (C=O) groups excluding carboxylic acids is 2. The molecule has 0 aliphatic heterocycles.